The molecule has 5 rings (SSSR count). The van der Waals surface area contributed by atoms with Gasteiger partial charge in [0.15, 0.2) is 11.5 Å². The lowest BCUT2D eigenvalue weighted by molar-refractivity contribution is 0.356. The van der Waals surface area contributed by atoms with Crippen LogP contribution in [-0.2, 0) is 7.05 Å². The predicted molar refractivity (Wildman–Crippen MR) is 134 cm³/mol. The summed E-state index contributed by atoms with van der Waals surface area (Å²) in [4.78, 5) is 34.7. The molecule has 0 unspecified atom stereocenters. The number of ether oxygens (including phenoxy) is 2. The van der Waals surface area contributed by atoms with Gasteiger partial charge >= 0.3 is 0 Å². The van der Waals surface area contributed by atoms with Crippen molar-refractivity contribution in [1.29, 1.82) is 0 Å². The molecule has 178 valence electrons. The van der Waals surface area contributed by atoms with Crippen molar-refractivity contribution in [2.75, 3.05) is 55.9 Å². The second-order valence-electron chi connectivity index (χ2n) is 7.81. The normalized spacial score (nSPS) is 13.7. The Morgan fingerprint density at radius 3 is 2.18 bits per heavy atom. The van der Waals surface area contributed by atoms with Crippen LogP contribution >= 0.6 is 12.4 Å². The molecule has 4 heterocycles. The fourth-order valence-electron chi connectivity index (χ4n) is 3.98. The average molecular weight is 485 g/mol. The highest BCUT2D eigenvalue weighted by molar-refractivity contribution is 5.91. The Kier molecular flexibility index (Phi) is 6.29. The van der Waals surface area contributed by atoms with Gasteiger partial charge in [-0.3, -0.25) is 4.79 Å². The van der Waals surface area contributed by atoms with Crippen LogP contribution in [0.5, 0.6) is 11.5 Å². The molecule has 1 aliphatic heterocycles. The summed E-state index contributed by atoms with van der Waals surface area (Å²) in [5, 5.41) is 1.22. The Morgan fingerprint density at radius 2 is 1.50 bits per heavy atom. The van der Waals surface area contributed by atoms with E-state index in [0.717, 1.165) is 0 Å². The van der Waals surface area contributed by atoms with Gasteiger partial charge in [0.1, 0.15) is 5.82 Å². The number of halogens is 1. The molecule has 1 aliphatic rings. The predicted octanol–water partition coefficient (Wildman–Crippen LogP) is 1.62. The first-order chi connectivity index (χ1) is 16.0. The summed E-state index contributed by atoms with van der Waals surface area (Å²) in [5.41, 5.74) is 7.46. The number of fused-ring (bicyclic) bond motifs is 2. The number of benzene rings is 1. The maximum absolute atomic E-state index is 12.2. The smallest absolute Gasteiger partial charge is 0.261 e. The van der Waals surface area contributed by atoms with Crippen molar-refractivity contribution in [3.8, 4) is 11.5 Å². The molecule has 1 saturated heterocycles. The Morgan fingerprint density at radius 1 is 0.882 bits per heavy atom. The molecule has 12 heteroatoms. The van der Waals surface area contributed by atoms with Gasteiger partial charge in [0.25, 0.3) is 5.56 Å². The lowest BCUT2D eigenvalue weighted by Crippen LogP contribution is -2.47. The number of rotatable bonds is 4. The Bertz CT molecular complexity index is 1420. The van der Waals surface area contributed by atoms with Crippen LogP contribution in [0, 0.1) is 0 Å². The number of nitrogen functional groups attached to an aromatic ring is 1. The fourth-order valence-corrected chi connectivity index (χ4v) is 3.98. The van der Waals surface area contributed by atoms with Gasteiger partial charge in [-0.2, -0.15) is 4.98 Å². The van der Waals surface area contributed by atoms with E-state index in [2.05, 4.69) is 24.8 Å². The number of methoxy groups -OCH3 is 2. The van der Waals surface area contributed by atoms with Gasteiger partial charge in [0.05, 0.1) is 30.6 Å². The average Bonchev–Trinajstić information content (AvgIpc) is 2.85. The number of hydrogen-bond acceptors (Lipinski definition) is 10. The molecule has 4 aromatic rings. The topological polar surface area (TPSA) is 125 Å². The van der Waals surface area contributed by atoms with Gasteiger partial charge in [-0.15, -0.1) is 12.4 Å². The SMILES string of the molecule is COc1cc2nc(N3CCN(c4ncc5c(=O)n(C)ccc5n4)CC3)nc(N)c2cc1OC.Cl. The van der Waals surface area contributed by atoms with E-state index in [4.69, 9.17) is 20.2 Å². The summed E-state index contributed by atoms with van der Waals surface area (Å²) in [5.74, 6) is 2.72. The molecular formula is C22H25ClN8O3. The molecule has 34 heavy (non-hydrogen) atoms. The minimum Gasteiger partial charge on any atom is -0.493 e. The fraction of sp³-hybridized carbons (Fsp3) is 0.318. The van der Waals surface area contributed by atoms with E-state index in [1.807, 2.05) is 6.07 Å². The zero-order chi connectivity index (χ0) is 23.1. The molecule has 0 atom stereocenters. The maximum atomic E-state index is 12.2. The highest BCUT2D eigenvalue weighted by Gasteiger charge is 2.23. The third-order valence-corrected chi connectivity index (χ3v) is 5.88. The van der Waals surface area contributed by atoms with Gasteiger partial charge in [-0.1, -0.05) is 0 Å². The van der Waals surface area contributed by atoms with E-state index in [1.165, 1.54) is 4.57 Å². The van der Waals surface area contributed by atoms with E-state index in [9.17, 15) is 4.79 Å². The lowest BCUT2D eigenvalue weighted by Gasteiger charge is -2.34. The number of anilines is 3. The Hall–Kier alpha value is -3.86. The molecule has 0 amide bonds. The molecule has 1 fully saturated rings. The first kappa shape index (κ1) is 23.3. The van der Waals surface area contributed by atoms with Crippen LogP contribution in [0.4, 0.5) is 17.7 Å². The van der Waals surface area contributed by atoms with E-state index in [0.29, 0.717) is 77.2 Å². The van der Waals surface area contributed by atoms with E-state index in [1.54, 1.807) is 45.8 Å². The molecule has 0 spiro atoms. The number of pyridine rings is 1. The van der Waals surface area contributed by atoms with Crippen molar-refractivity contribution in [3.05, 3.63) is 40.9 Å². The molecule has 11 nitrogen and oxygen atoms in total. The van der Waals surface area contributed by atoms with Crippen molar-refractivity contribution in [2.24, 2.45) is 7.05 Å². The van der Waals surface area contributed by atoms with Crippen LogP contribution in [0.15, 0.2) is 35.4 Å². The minimum atomic E-state index is -0.107. The largest absolute Gasteiger partial charge is 0.493 e. The number of nitrogens with two attached hydrogens (primary N) is 1. The third-order valence-electron chi connectivity index (χ3n) is 5.88. The quantitative estimate of drug-likeness (QED) is 0.456. The van der Waals surface area contributed by atoms with Crippen molar-refractivity contribution < 1.29 is 9.47 Å². The van der Waals surface area contributed by atoms with Gasteiger partial charge in [-0.25, -0.2) is 15.0 Å². The Labute approximate surface area is 201 Å². The van der Waals surface area contributed by atoms with E-state index >= 15 is 0 Å². The molecular weight excluding hydrogens is 460 g/mol. The van der Waals surface area contributed by atoms with Crippen LogP contribution in [0.25, 0.3) is 21.8 Å². The number of aromatic nitrogens is 5. The standard InChI is InChI=1S/C22H24N8O3.ClH/c1-28-5-4-15-14(20(28)31)12-24-21(25-15)29-6-8-30(9-7-29)22-26-16-11-18(33-3)17(32-2)10-13(16)19(23)27-22;/h4-5,10-12H,6-9H2,1-3H3,(H2,23,26,27);1H. The molecule has 0 radical (unpaired) electrons. The summed E-state index contributed by atoms with van der Waals surface area (Å²) in [6.45, 7) is 2.72. The second-order valence-corrected chi connectivity index (χ2v) is 7.81. The zero-order valence-corrected chi connectivity index (χ0v) is 19.9. The Balaban J connectivity index is 0.00000274. The van der Waals surface area contributed by atoms with Gasteiger partial charge in [0, 0.05) is 57.1 Å². The highest BCUT2D eigenvalue weighted by Crippen LogP contribution is 2.34. The first-order valence-electron chi connectivity index (χ1n) is 10.5. The van der Waals surface area contributed by atoms with Crippen molar-refractivity contribution in [3.63, 3.8) is 0 Å². The van der Waals surface area contributed by atoms with Crippen LogP contribution in [-0.4, -0.2) is 64.9 Å². The third kappa shape index (κ3) is 3.98. The zero-order valence-electron chi connectivity index (χ0n) is 19.1. The molecule has 2 N–H and O–H groups in total. The van der Waals surface area contributed by atoms with E-state index in [-0.39, 0.29) is 18.0 Å². The summed E-state index contributed by atoms with van der Waals surface area (Å²) in [7, 11) is 4.87. The first-order valence-corrected chi connectivity index (χ1v) is 10.5. The van der Waals surface area contributed by atoms with E-state index < -0.39 is 0 Å². The second kappa shape index (κ2) is 9.18. The van der Waals surface area contributed by atoms with Crippen molar-refractivity contribution in [2.45, 2.75) is 0 Å². The number of hydrogen-bond donors (Lipinski definition) is 1. The summed E-state index contributed by atoms with van der Waals surface area (Å²) >= 11 is 0. The number of nitrogens with zero attached hydrogens (tertiary/aromatic N) is 7. The lowest BCUT2D eigenvalue weighted by atomic mass is 10.2. The summed E-state index contributed by atoms with van der Waals surface area (Å²) in [6.07, 6.45) is 3.31. The van der Waals surface area contributed by atoms with Crippen molar-refractivity contribution in [1.82, 2.24) is 24.5 Å². The van der Waals surface area contributed by atoms with Crippen molar-refractivity contribution >= 4 is 51.9 Å². The number of aryl methyl sites for hydroxylation is 1. The molecule has 1 aromatic carbocycles. The molecule has 0 bridgehead atoms. The monoisotopic (exact) mass is 484 g/mol. The van der Waals surface area contributed by atoms with Gasteiger partial charge < -0.3 is 29.6 Å². The van der Waals surface area contributed by atoms with Gasteiger partial charge in [0.2, 0.25) is 11.9 Å². The molecule has 0 aliphatic carbocycles. The minimum absolute atomic E-state index is 0. The van der Waals surface area contributed by atoms with Crippen LogP contribution in [0.2, 0.25) is 0 Å². The number of piperazine rings is 1. The summed E-state index contributed by atoms with van der Waals surface area (Å²) < 4.78 is 12.3. The maximum Gasteiger partial charge on any atom is 0.261 e. The molecule has 0 saturated carbocycles. The van der Waals surface area contributed by atoms with Crippen LogP contribution in [0.1, 0.15) is 0 Å². The summed E-state index contributed by atoms with van der Waals surface area (Å²) in [6, 6.07) is 5.42. The van der Waals surface area contributed by atoms with Gasteiger partial charge in [-0.05, 0) is 12.1 Å². The van der Waals surface area contributed by atoms with Crippen LogP contribution in [0.3, 0.4) is 0 Å². The van der Waals surface area contributed by atoms with Crippen LogP contribution < -0.4 is 30.6 Å². The molecule has 3 aromatic heterocycles. The highest BCUT2D eigenvalue weighted by atomic mass is 35.5.